The molecule has 2 atom stereocenters. The van der Waals surface area contributed by atoms with Gasteiger partial charge in [0, 0.05) is 18.3 Å². The molecule has 40 heavy (non-hydrogen) atoms. The number of benzene rings is 2. The Kier molecular flexibility index (Phi) is 6.33. The number of ether oxygens (including phenoxy) is 1. The molecular weight excluding hydrogens is 523 g/mol. The number of amides is 2. The molecule has 1 N–H and O–H groups in total. The third kappa shape index (κ3) is 4.81. The number of carbonyl (C=O) groups excluding carboxylic acids is 2. The highest BCUT2D eigenvalue weighted by Gasteiger charge is 2.48. The van der Waals surface area contributed by atoms with E-state index in [2.05, 4.69) is 15.3 Å². The number of urea groups is 1. The van der Waals surface area contributed by atoms with Crippen LogP contribution in [0, 0.1) is 0 Å². The summed E-state index contributed by atoms with van der Waals surface area (Å²) in [5.41, 5.74) is 0.696. The third-order valence-corrected chi connectivity index (χ3v) is 6.86. The summed E-state index contributed by atoms with van der Waals surface area (Å²) in [6, 6.07) is 20.6. The first-order chi connectivity index (χ1) is 19.3. The zero-order chi connectivity index (χ0) is 27.9. The van der Waals surface area contributed by atoms with E-state index < -0.39 is 35.9 Å². The van der Waals surface area contributed by atoms with E-state index in [-0.39, 0.29) is 17.1 Å². The summed E-state index contributed by atoms with van der Waals surface area (Å²) in [6.45, 7) is 0.689. The van der Waals surface area contributed by atoms with Crippen LogP contribution in [0.2, 0.25) is 0 Å². The van der Waals surface area contributed by atoms with E-state index in [0.29, 0.717) is 30.2 Å². The number of alkyl halides is 3. The summed E-state index contributed by atoms with van der Waals surface area (Å²) in [6.07, 6.45) is -3.67. The molecule has 8 nitrogen and oxygen atoms in total. The molecule has 11 heteroatoms. The van der Waals surface area contributed by atoms with Crippen LogP contribution in [0.4, 0.5) is 35.3 Å². The quantitative estimate of drug-likeness (QED) is 0.335. The average molecular weight is 546 g/mol. The molecule has 4 aromatic rings. The van der Waals surface area contributed by atoms with Crippen LogP contribution >= 0.6 is 0 Å². The molecule has 0 aliphatic carbocycles. The summed E-state index contributed by atoms with van der Waals surface area (Å²) in [5.74, 6) is 0.0327. The number of hydrogen-bond donors (Lipinski definition) is 1. The Labute approximate surface area is 227 Å². The predicted molar refractivity (Wildman–Crippen MR) is 142 cm³/mol. The van der Waals surface area contributed by atoms with E-state index in [1.807, 2.05) is 4.90 Å². The van der Waals surface area contributed by atoms with Crippen molar-refractivity contribution in [1.29, 1.82) is 0 Å². The van der Waals surface area contributed by atoms with Gasteiger partial charge in [0.2, 0.25) is 0 Å². The Bertz CT molecular complexity index is 1570. The van der Waals surface area contributed by atoms with Crippen LogP contribution in [0.25, 0.3) is 11.3 Å². The van der Waals surface area contributed by atoms with Crippen LogP contribution in [0.3, 0.4) is 0 Å². The molecule has 0 radical (unpaired) electrons. The van der Waals surface area contributed by atoms with Crippen LogP contribution in [0.1, 0.15) is 15.9 Å². The SMILES string of the molecule is O=C(O[C@@H]1CN2C[C@H]1N(C(=O)Nc1ccccn1)c1nc(-c3cccc(C(F)(F)F)c3)ccc12)c1ccccc1. The lowest BCUT2D eigenvalue weighted by molar-refractivity contribution is -0.137. The molecule has 2 aromatic carbocycles. The van der Waals surface area contributed by atoms with Crippen molar-refractivity contribution >= 4 is 29.3 Å². The second-order valence-corrected chi connectivity index (χ2v) is 9.42. The van der Waals surface area contributed by atoms with Gasteiger partial charge in [-0.2, -0.15) is 13.2 Å². The van der Waals surface area contributed by atoms with Crippen LogP contribution in [0.5, 0.6) is 0 Å². The minimum absolute atomic E-state index is 0.248. The Morgan fingerprint density at radius 1 is 0.925 bits per heavy atom. The van der Waals surface area contributed by atoms with Gasteiger partial charge in [0.1, 0.15) is 11.9 Å². The van der Waals surface area contributed by atoms with Gasteiger partial charge in [-0.3, -0.25) is 10.2 Å². The fourth-order valence-corrected chi connectivity index (χ4v) is 4.99. The maximum Gasteiger partial charge on any atom is 0.416 e. The summed E-state index contributed by atoms with van der Waals surface area (Å²) in [7, 11) is 0. The molecule has 0 spiro atoms. The van der Waals surface area contributed by atoms with Crippen molar-refractivity contribution in [2.24, 2.45) is 0 Å². The number of fused-ring (bicyclic) bond motifs is 4. The Balaban J connectivity index is 1.38. The van der Waals surface area contributed by atoms with Gasteiger partial charge < -0.3 is 9.64 Å². The number of halogens is 3. The van der Waals surface area contributed by atoms with Gasteiger partial charge in [-0.1, -0.05) is 36.4 Å². The molecule has 1 saturated heterocycles. The van der Waals surface area contributed by atoms with Crippen molar-refractivity contribution in [3.63, 3.8) is 0 Å². The van der Waals surface area contributed by atoms with E-state index >= 15 is 0 Å². The van der Waals surface area contributed by atoms with Crippen molar-refractivity contribution < 1.29 is 27.5 Å². The summed E-state index contributed by atoms with van der Waals surface area (Å²) >= 11 is 0. The number of aromatic nitrogens is 2. The molecular formula is C29H22F3N5O3. The van der Waals surface area contributed by atoms with Gasteiger partial charge in [0.15, 0.2) is 5.82 Å². The van der Waals surface area contributed by atoms with Gasteiger partial charge >= 0.3 is 18.2 Å². The van der Waals surface area contributed by atoms with E-state index in [4.69, 9.17) is 4.74 Å². The fraction of sp³-hybridized carbons (Fsp3) is 0.172. The standard InChI is InChI=1S/C29H22F3N5O3/c30-29(31,32)20-10-6-9-19(15-20)21-12-13-22-26(34-21)37(28(39)35-25-11-4-5-14-33-25)23-16-36(22)17-24(23)40-27(38)18-7-2-1-3-8-18/h1-15,23-24H,16-17H2,(H,33,35,39)/t23-,24-/m1/s1. The summed E-state index contributed by atoms with van der Waals surface area (Å²) < 4.78 is 46.0. The minimum Gasteiger partial charge on any atom is -0.455 e. The van der Waals surface area contributed by atoms with Crippen LogP contribution in [0.15, 0.2) is 91.1 Å². The van der Waals surface area contributed by atoms with Crippen molar-refractivity contribution in [2.75, 3.05) is 28.2 Å². The maximum absolute atomic E-state index is 13.7. The lowest BCUT2D eigenvalue weighted by Gasteiger charge is -2.36. The molecule has 2 aliphatic heterocycles. The van der Waals surface area contributed by atoms with Crippen molar-refractivity contribution in [2.45, 2.75) is 18.3 Å². The number of nitrogens with one attached hydrogen (secondary N) is 1. The Hall–Kier alpha value is -4.93. The van der Waals surface area contributed by atoms with Crippen molar-refractivity contribution in [3.05, 3.63) is 102 Å². The number of esters is 1. The second-order valence-electron chi connectivity index (χ2n) is 9.42. The summed E-state index contributed by atoms with van der Waals surface area (Å²) in [5, 5.41) is 2.76. The first-order valence-corrected chi connectivity index (χ1v) is 12.5. The van der Waals surface area contributed by atoms with Crippen LogP contribution in [-0.4, -0.2) is 47.2 Å². The maximum atomic E-state index is 13.7. The van der Waals surface area contributed by atoms with Gasteiger partial charge in [-0.15, -0.1) is 0 Å². The van der Waals surface area contributed by atoms with Gasteiger partial charge in [0.05, 0.1) is 35.1 Å². The predicted octanol–water partition coefficient (Wildman–Crippen LogP) is 5.63. The highest BCUT2D eigenvalue weighted by molar-refractivity contribution is 6.04. The number of rotatable bonds is 4. The molecule has 0 saturated carbocycles. The van der Waals surface area contributed by atoms with Crippen molar-refractivity contribution in [3.8, 4) is 11.3 Å². The molecule has 6 rings (SSSR count). The normalized spacial score (nSPS) is 17.8. The van der Waals surface area contributed by atoms with Crippen LogP contribution in [-0.2, 0) is 10.9 Å². The zero-order valence-electron chi connectivity index (χ0n) is 20.9. The lowest BCUT2D eigenvalue weighted by atomic mass is 10.1. The number of carbonyl (C=O) groups is 2. The molecule has 0 unspecified atom stereocenters. The van der Waals surface area contributed by atoms with E-state index in [9.17, 15) is 22.8 Å². The highest BCUT2D eigenvalue weighted by atomic mass is 19.4. The smallest absolute Gasteiger partial charge is 0.416 e. The number of pyridine rings is 2. The number of anilines is 3. The molecule has 1 fully saturated rings. The van der Waals surface area contributed by atoms with Gasteiger partial charge in [-0.05, 0) is 48.5 Å². The largest absolute Gasteiger partial charge is 0.455 e. The molecule has 2 bridgehead atoms. The Morgan fingerprint density at radius 2 is 1.73 bits per heavy atom. The second kappa shape index (κ2) is 9.99. The zero-order valence-corrected chi connectivity index (χ0v) is 20.9. The van der Waals surface area contributed by atoms with Gasteiger partial charge in [-0.25, -0.2) is 19.6 Å². The Morgan fingerprint density at radius 3 is 2.48 bits per heavy atom. The summed E-state index contributed by atoms with van der Waals surface area (Å²) in [4.78, 5) is 38.8. The molecule has 2 amide bonds. The average Bonchev–Trinajstić information content (AvgIpc) is 3.31. The van der Waals surface area contributed by atoms with Crippen LogP contribution < -0.4 is 15.1 Å². The first kappa shape index (κ1) is 25.4. The first-order valence-electron chi connectivity index (χ1n) is 12.5. The molecule has 2 aliphatic rings. The highest BCUT2D eigenvalue weighted by Crippen LogP contribution is 2.42. The lowest BCUT2D eigenvalue weighted by Crippen LogP contribution is -2.52. The van der Waals surface area contributed by atoms with Gasteiger partial charge in [0.25, 0.3) is 0 Å². The molecule has 2 aromatic heterocycles. The molecule has 4 heterocycles. The monoisotopic (exact) mass is 545 g/mol. The topological polar surface area (TPSA) is 87.7 Å². The number of hydrogen-bond acceptors (Lipinski definition) is 6. The van der Waals surface area contributed by atoms with E-state index in [1.165, 1.54) is 23.2 Å². The fourth-order valence-electron chi connectivity index (χ4n) is 4.99. The number of nitrogens with zero attached hydrogens (tertiary/aromatic N) is 4. The molecule has 202 valence electrons. The van der Waals surface area contributed by atoms with Crippen molar-refractivity contribution in [1.82, 2.24) is 9.97 Å². The van der Waals surface area contributed by atoms with E-state index in [1.54, 1.807) is 60.7 Å². The van der Waals surface area contributed by atoms with E-state index in [0.717, 1.165) is 12.1 Å². The minimum atomic E-state index is -4.51. The third-order valence-electron chi connectivity index (χ3n) is 6.86.